The van der Waals surface area contributed by atoms with Crippen LogP contribution in [0.2, 0.25) is 0 Å². The van der Waals surface area contributed by atoms with E-state index in [1.54, 1.807) is 12.7 Å². The molecule has 0 aliphatic heterocycles. The van der Waals surface area contributed by atoms with Crippen molar-refractivity contribution in [1.82, 2.24) is 0 Å². The summed E-state index contributed by atoms with van der Waals surface area (Å²) >= 11 is 0. The van der Waals surface area contributed by atoms with Crippen molar-refractivity contribution in [2.24, 2.45) is 28.6 Å². The second kappa shape index (κ2) is 6.25. The molecule has 25 heavy (non-hydrogen) atoms. The van der Waals surface area contributed by atoms with E-state index in [4.69, 9.17) is 9.47 Å². The maximum atomic E-state index is 9.55. The lowest BCUT2D eigenvalue weighted by molar-refractivity contribution is -0.0944. The minimum atomic E-state index is 0.135. The summed E-state index contributed by atoms with van der Waals surface area (Å²) in [6.07, 6.45) is 13.3. The van der Waals surface area contributed by atoms with Gasteiger partial charge in [0, 0.05) is 18.1 Å². The fourth-order valence-corrected chi connectivity index (χ4v) is 6.67. The number of methoxy groups -OCH3 is 1. The van der Waals surface area contributed by atoms with E-state index in [0.29, 0.717) is 24.2 Å². The highest BCUT2D eigenvalue weighted by Gasteiger charge is 2.56. The Balaban J connectivity index is 1.56. The lowest BCUT2D eigenvalue weighted by Crippen LogP contribution is -2.50. The molecule has 0 bridgehead atoms. The molecule has 0 radical (unpaired) electrons. The van der Waals surface area contributed by atoms with Crippen LogP contribution in [0.25, 0.3) is 0 Å². The van der Waals surface area contributed by atoms with Gasteiger partial charge in [0.15, 0.2) is 0 Å². The van der Waals surface area contributed by atoms with Gasteiger partial charge in [0.2, 0.25) is 0 Å². The van der Waals surface area contributed by atoms with Crippen molar-refractivity contribution >= 4 is 0 Å². The zero-order valence-corrected chi connectivity index (χ0v) is 15.9. The topological polar surface area (TPSA) is 42.2 Å². The quantitative estimate of drug-likeness (QED) is 0.536. The third kappa shape index (κ3) is 2.53. The second-order valence-corrected chi connectivity index (χ2v) is 9.12. The molecule has 4 aliphatic rings. The summed E-state index contributed by atoms with van der Waals surface area (Å²) in [6.45, 7) is 5.27. The van der Waals surface area contributed by atoms with Crippen molar-refractivity contribution in [3.8, 4) is 6.07 Å². The Morgan fingerprint density at radius 2 is 1.92 bits per heavy atom. The summed E-state index contributed by atoms with van der Waals surface area (Å²) in [5.41, 5.74) is 3.17. The van der Waals surface area contributed by atoms with Crippen molar-refractivity contribution < 1.29 is 9.47 Å². The van der Waals surface area contributed by atoms with Gasteiger partial charge in [-0.05, 0) is 68.1 Å². The highest BCUT2D eigenvalue weighted by atomic mass is 16.7. The standard InChI is InChI=1S/C22H31NO2/c1-21-10-8-17(25-14-24-3)12-15(21)4-6-18-19-7-5-16(13-23)22(19,2)11-9-20(18)21/h4-5,17-20H,6-12,14H2,1-3H3/t17-,18+,19+,20+,21+,22-/m1/s1. The Hall–Kier alpha value is -1.11. The average molecular weight is 341 g/mol. The smallest absolute Gasteiger partial charge is 0.146 e. The van der Waals surface area contributed by atoms with Crippen molar-refractivity contribution in [2.75, 3.05) is 13.9 Å². The summed E-state index contributed by atoms with van der Waals surface area (Å²) in [5.74, 6) is 2.18. The number of hydrogen-bond donors (Lipinski definition) is 0. The van der Waals surface area contributed by atoms with E-state index in [1.807, 2.05) is 0 Å². The first-order valence-corrected chi connectivity index (χ1v) is 9.93. The average Bonchev–Trinajstić information content (AvgIpc) is 2.96. The third-order valence-electron chi connectivity index (χ3n) is 8.18. The van der Waals surface area contributed by atoms with Crippen LogP contribution in [-0.2, 0) is 9.47 Å². The number of ether oxygens (including phenoxy) is 2. The Morgan fingerprint density at radius 1 is 1.12 bits per heavy atom. The molecular weight excluding hydrogens is 310 g/mol. The minimum Gasteiger partial charge on any atom is -0.359 e. The molecule has 0 unspecified atom stereocenters. The van der Waals surface area contributed by atoms with Gasteiger partial charge in [-0.3, -0.25) is 0 Å². The SMILES string of the molecule is COCO[C@@H]1CC[C@@]2(C)C(=CC[C@@H]3[C@@H]2CC[C@]2(C)C(C#N)=CC[C@@H]32)C1. The van der Waals surface area contributed by atoms with Crippen LogP contribution in [0.4, 0.5) is 0 Å². The molecule has 6 atom stereocenters. The molecule has 3 heteroatoms. The van der Waals surface area contributed by atoms with E-state index in [0.717, 1.165) is 36.7 Å². The molecule has 0 spiro atoms. The van der Waals surface area contributed by atoms with Gasteiger partial charge in [0.1, 0.15) is 6.79 Å². The number of fused-ring (bicyclic) bond motifs is 5. The van der Waals surface area contributed by atoms with Crippen LogP contribution in [0, 0.1) is 39.9 Å². The van der Waals surface area contributed by atoms with Crippen molar-refractivity contribution in [3.63, 3.8) is 0 Å². The predicted octanol–water partition coefficient (Wildman–Crippen LogP) is 5.00. The van der Waals surface area contributed by atoms with E-state index in [9.17, 15) is 5.26 Å². The lowest BCUT2D eigenvalue weighted by Gasteiger charge is -2.57. The monoisotopic (exact) mass is 341 g/mol. The first-order chi connectivity index (χ1) is 12.0. The number of allylic oxidation sites excluding steroid dienone is 3. The number of nitriles is 1. The van der Waals surface area contributed by atoms with Gasteiger partial charge >= 0.3 is 0 Å². The molecule has 2 saturated carbocycles. The van der Waals surface area contributed by atoms with Crippen LogP contribution in [0.3, 0.4) is 0 Å². The molecule has 4 aliphatic carbocycles. The van der Waals surface area contributed by atoms with Crippen LogP contribution < -0.4 is 0 Å². The molecule has 4 rings (SSSR count). The molecular formula is C22H31NO2. The van der Waals surface area contributed by atoms with Crippen LogP contribution in [0.15, 0.2) is 23.3 Å². The molecule has 0 heterocycles. The normalized spacial score (nSPS) is 45.5. The van der Waals surface area contributed by atoms with E-state index in [1.165, 1.54) is 25.7 Å². The zero-order chi connectivity index (χ0) is 17.7. The minimum absolute atomic E-state index is 0.135. The molecule has 0 N–H and O–H groups in total. The van der Waals surface area contributed by atoms with Crippen molar-refractivity contribution in [3.05, 3.63) is 23.3 Å². The third-order valence-corrected chi connectivity index (χ3v) is 8.18. The first kappa shape index (κ1) is 17.3. The Labute approximate surface area is 152 Å². The maximum absolute atomic E-state index is 9.55. The van der Waals surface area contributed by atoms with Gasteiger partial charge in [0.25, 0.3) is 0 Å². The molecule has 0 aromatic rings. The molecule has 0 aromatic heterocycles. The van der Waals surface area contributed by atoms with Gasteiger partial charge in [0.05, 0.1) is 12.2 Å². The van der Waals surface area contributed by atoms with Gasteiger partial charge < -0.3 is 9.47 Å². The van der Waals surface area contributed by atoms with Gasteiger partial charge in [-0.1, -0.05) is 31.6 Å². The Morgan fingerprint density at radius 3 is 2.68 bits per heavy atom. The van der Waals surface area contributed by atoms with Crippen LogP contribution in [0.1, 0.15) is 58.8 Å². The second-order valence-electron chi connectivity index (χ2n) is 9.12. The zero-order valence-electron chi connectivity index (χ0n) is 15.9. The van der Waals surface area contributed by atoms with Gasteiger partial charge in [-0.2, -0.15) is 5.26 Å². The van der Waals surface area contributed by atoms with E-state index in [-0.39, 0.29) is 5.41 Å². The summed E-state index contributed by atoms with van der Waals surface area (Å²) in [7, 11) is 1.70. The first-order valence-electron chi connectivity index (χ1n) is 9.93. The van der Waals surface area contributed by atoms with Crippen LogP contribution >= 0.6 is 0 Å². The Kier molecular flexibility index (Phi) is 4.33. The molecule has 2 fully saturated rings. The molecule has 3 nitrogen and oxygen atoms in total. The molecule has 0 saturated heterocycles. The number of nitrogens with zero attached hydrogens (tertiary/aromatic N) is 1. The number of rotatable bonds is 3. The fraction of sp³-hybridized carbons (Fsp3) is 0.773. The fourth-order valence-electron chi connectivity index (χ4n) is 6.67. The van der Waals surface area contributed by atoms with Crippen molar-refractivity contribution in [1.29, 1.82) is 5.26 Å². The summed E-state index contributed by atoms with van der Waals surface area (Å²) < 4.78 is 11.0. The molecule has 0 amide bonds. The summed E-state index contributed by atoms with van der Waals surface area (Å²) in [5, 5.41) is 9.55. The summed E-state index contributed by atoms with van der Waals surface area (Å²) in [4.78, 5) is 0. The predicted molar refractivity (Wildman–Crippen MR) is 97.5 cm³/mol. The van der Waals surface area contributed by atoms with E-state index >= 15 is 0 Å². The molecule has 136 valence electrons. The van der Waals surface area contributed by atoms with Gasteiger partial charge in [-0.25, -0.2) is 0 Å². The maximum Gasteiger partial charge on any atom is 0.146 e. The van der Waals surface area contributed by atoms with Gasteiger partial charge in [-0.15, -0.1) is 0 Å². The van der Waals surface area contributed by atoms with Crippen LogP contribution in [0.5, 0.6) is 0 Å². The molecule has 0 aromatic carbocycles. The van der Waals surface area contributed by atoms with E-state index in [2.05, 4.69) is 32.1 Å². The van der Waals surface area contributed by atoms with Crippen LogP contribution in [-0.4, -0.2) is 20.0 Å². The van der Waals surface area contributed by atoms with E-state index < -0.39 is 0 Å². The van der Waals surface area contributed by atoms with Crippen molar-refractivity contribution in [2.45, 2.75) is 64.9 Å². The summed E-state index contributed by atoms with van der Waals surface area (Å²) in [6, 6.07) is 2.51. The largest absolute Gasteiger partial charge is 0.359 e. The highest BCUT2D eigenvalue weighted by molar-refractivity contribution is 5.37. The number of hydrogen-bond acceptors (Lipinski definition) is 3. The lowest BCUT2D eigenvalue weighted by atomic mass is 9.47. The Bertz CT molecular complexity index is 645. The highest BCUT2D eigenvalue weighted by Crippen LogP contribution is 2.64.